The Morgan fingerprint density at radius 3 is 2.44 bits per heavy atom. The van der Waals surface area contributed by atoms with Crippen molar-refractivity contribution in [3.8, 4) is 0 Å². The fraction of sp³-hybridized carbons (Fsp3) is 0.533. The van der Waals surface area contributed by atoms with Crippen LogP contribution in [-0.4, -0.2) is 24.2 Å². The summed E-state index contributed by atoms with van der Waals surface area (Å²) in [4.78, 5) is 13.1. The van der Waals surface area contributed by atoms with Crippen molar-refractivity contribution >= 4 is 11.7 Å². The maximum absolute atomic E-state index is 10.7. The van der Waals surface area contributed by atoms with E-state index in [-0.39, 0.29) is 12.3 Å². The minimum atomic E-state index is -0.731. The van der Waals surface area contributed by atoms with Crippen molar-refractivity contribution in [1.29, 1.82) is 0 Å². The third kappa shape index (κ3) is 2.09. The second kappa shape index (κ2) is 4.01. The van der Waals surface area contributed by atoms with Gasteiger partial charge in [0.1, 0.15) is 0 Å². The highest BCUT2D eigenvalue weighted by molar-refractivity contribution is 5.68. The molecule has 96 valence electrons. The zero-order chi connectivity index (χ0) is 12.8. The lowest BCUT2D eigenvalue weighted by atomic mass is 9.94. The average Bonchev–Trinajstić information content (AvgIpc) is 3.06. The first-order valence-corrected chi connectivity index (χ1v) is 6.65. The quantitative estimate of drug-likeness (QED) is 0.886. The second-order valence-electron chi connectivity index (χ2n) is 5.95. The molecule has 1 aromatic carbocycles. The topological polar surface area (TPSA) is 40.5 Å². The first kappa shape index (κ1) is 11.6. The van der Waals surface area contributed by atoms with Crippen LogP contribution in [0.3, 0.4) is 0 Å². The molecule has 1 unspecified atom stereocenters. The van der Waals surface area contributed by atoms with Gasteiger partial charge in [-0.3, -0.25) is 4.79 Å². The van der Waals surface area contributed by atoms with Crippen LogP contribution >= 0.6 is 0 Å². The molecule has 1 aliphatic carbocycles. The molecule has 0 aromatic heterocycles. The number of carbonyl (C=O) groups is 1. The Morgan fingerprint density at radius 2 is 1.94 bits per heavy atom. The zero-order valence-electron chi connectivity index (χ0n) is 10.7. The zero-order valence-corrected chi connectivity index (χ0v) is 10.7. The molecular formula is C15H19NO2. The van der Waals surface area contributed by atoms with Gasteiger partial charge in [-0.05, 0) is 36.5 Å². The van der Waals surface area contributed by atoms with Gasteiger partial charge in [0, 0.05) is 24.2 Å². The molecule has 1 N–H and O–H groups in total. The molecule has 0 radical (unpaired) electrons. The number of anilines is 1. The number of hydrogen-bond acceptors (Lipinski definition) is 2. The Kier molecular flexibility index (Phi) is 2.58. The summed E-state index contributed by atoms with van der Waals surface area (Å²) in [5.41, 5.74) is 3.07. The molecule has 1 atom stereocenters. The van der Waals surface area contributed by atoms with Gasteiger partial charge in [0.05, 0.1) is 6.42 Å². The Balaban J connectivity index is 1.63. The third-order valence-electron chi connectivity index (χ3n) is 4.32. The summed E-state index contributed by atoms with van der Waals surface area (Å²) < 4.78 is 0. The summed E-state index contributed by atoms with van der Waals surface area (Å²) in [6.45, 7) is 4.38. The predicted octanol–water partition coefficient (Wildman–Crippen LogP) is 2.87. The molecule has 0 amide bonds. The minimum absolute atomic E-state index is 0.0858. The molecule has 1 aliphatic heterocycles. The largest absolute Gasteiger partial charge is 0.481 e. The van der Waals surface area contributed by atoms with Gasteiger partial charge in [0.2, 0.25) is 0 Å². The highest BCUT2D eigenvalue weighted by Gasteiger charge is 2.52. The third-order valence-corrected chi connectivity index (χ3v) is 4.32. The summed E-state index contributed by atoms with van der Waals surface area (Å²) in [6.07, 6.45) is 3.00. The van der Waals surface area contributed by atoms with Crippen molar-refractivity contribution < 1.29 is 9.90 Å². The Morgan fingerprint density at radius 1 is 1.33 bits per heavy atom. The van der Waals surface area contributed by atoms with Crippen LogP contribution in [0.4, 0.5) is 5.69 Å². The molecule has 2 aliphatic rings. The standard InChI is InChI=1S/C15H19NO2/c1-11(8-14(17)18)12-2-4-13(5-3-12)16-9-15(10-16)6-7-15/h2-5,11H,6-10H2,1H3,(H,17,18). The van der Waals surface area contributed by atoms with Gasteiger partial charge in [0.25, 0.3) is 0 Å². The minimum Gasteiger partial charge on any atom is -0.481 e. The van der Waals surface area contributed by atoms with Crippen LogP contribution in [-0.2, 0) is 4.79 Å². The fourth-order valence-corrected chi connectivity index (χ4v) is 2.83. The molecule has 0 bridgehead atoms. The molecule has 3 nitrogen and oxygen atoms in total. The number of rotatable bonds is 4. The number of hydrogen-bond donors (Lipinski definition) is 1. The number of carboxylic acid groups (broad SMARTS) is 1. The lowest BCUT2D eigenvalue weighted by Gasteiger charge is -2.42. The van der Waals surface area contributed by atoms with Gasteiger partial charge in [-0.15, -0.1) is 0 Å². The summed E-state index contributed by atoms with van der Waals surface area (Å²) in [7, 11) is 0. The molecule has 3 heteroatoms. The van der Waals surface area contributed by atoms with E-state index in [1.165, 1.54) is 31.6 Å². The smallest absolute Gasteiger partial charge is 0.303 e. The summed E-state index contributed by atoms with van der Waals surface area (Å²) in [6, 6.07) is 8.40. The van der Waals surface area contributed by atoms with Crippen molar-refractivity contribution in [3.63, 3.8) is 0 Å². The number of aliphatic carboxylic acids is 1. The molecular weight excluding hydrogens is 226 g/mol. The average molecular weight is 245 g/mol. The van der Waals surface area contributed by atoms with Gasteiger partial charge >= 0.3 is 5.97 Å². The van der Waals surface area contributed by atoms with Crippen molar-refractivity contribution in [2.24, 2.45) is 5.41 Å². The second-order valence-corrected chi connectivity index (χ2v) is 5.95. The monoisotopic (exact) mass is 245 g/mol. The lowest BCUT2D eigenvalue weighted by molar-refractivity contribution is -0.137. The molecule has 1 spiro atoms. The van der Waals surface area contributed by atoms with E-state index in [0.29, 0.717) is 5.41 Å². The first-order valence-electron chi connectivity index (χ1n) is 6.65. The van der Waals surface area contributed by atoms with E-state index < -0.39 is 5.97 Å². The van der Waals surface area contributed by atoms with Crippen molar-refractivity contribution in [2.45, 2.75) is 32.1 Å². The van der Waals surface area contributed by atoms with Gasteiger partial charge in [-0.25, -0.2) is 0 Å². The maximum Gasteiger partial charge on any atom is 0.303 e. The SMILES string of the molecule is CC(CC(=O)O)c1ccc(N2CC3(CC3)C2)cc1. The Bertz CT molecular complexity index is 454. The first-order chi connectivity index (χ1) is 8.58. The molecule has 3 rings (SSSR count). The molecule has 1 saturated carbocycles. The number of nitrogens with zero attached hydrogens (tertiary/aromatic N) is 1. The van der Waals surface area contributed by atoms with Crippen molar-refractivity contribution in [3.05, 3.63) is 29.8 Å². The van der Waals surface area contributed by atoms with E-state index in [2.05, 4.69) is 29.2 Å². The van der Waals surface area contributed by atoms with Crippen LogP contribution in [0, 0.1) is 5.41 Å². The lowest BCUT2D eigenvalue weighted by Crippen LogP contribution is -2.48. The van der Waals surface area contributed by atoms with E-state index in [0.717, 1.165) is 5.56 Å². The van der Waals surface area contributed by atoms with E-state index in [9.17, 15) is 4.79 Å². The van der Waals surface area contributed by atoms with Crippen molar-refractivity contribution in [2.75, 3.05) is 18.0 Å². The predicted molar refractivity (Wildman–Crippen MR) is 71.0 cm³/mol. The van der Waals surface area contributed by atoms with Crippen LogP contribution in [0.15, 0.2) is 24.3 Å². The Labute approximate surface area is 107 Å². The normalized spacial score (nSPS) is 21.5. The number of benzene rings is 1. The van der Waals surface area contributed by atoms with Gasteiger partial charge < -0.3 is 10.0 Å². The molecule has 1 aromatic rings. The van der Waals surface area contributed by atoms with Crippen molar-refractivity contribution in [1.82, 2.24) is 0 Å². The Hall–Kier alpha value is -1.51. The van der Waals surface area contributed by atoms with Crippen LogP contribution in [0.5, 0.6) is 0 Å². The summed E-state index contributed by atoms with van der Waals surface area (Å²) in [5, 5.41) is 8.79. The van der Waals surface area contributed by atoms with E-state index >= 15 is 0 Å². The van der Waals surface area contributed by atoms with Crippen LogP contribution in [0.25, 0.3) is 0 Å². The highest BCUT2D eigenvalue weighted by Crippen LogP contribution is 2.53. The van der Waals surface area contributed by atoms with Crippen LogP contribution in [0.2, 0.25) is 0 Å². The van der Waals surface area contributed by atoms with E-state index in [1.54, 1.807) is 0 Å². The molecule has 1 saturated heterocycles. The van der Waals surface area contributed by atoms with Gasteiger partial charge in [-0.2, -0.15) is 0 Å². The molecule has 2 fully saturated rings. The summed E-state index contributed by atoms with van der Waals surface area (Å²) in [5.74, 6) is -0.646. The van der Waals surface area contributed by atoms with E-state index in [1.807, 2.05) is 6.92 Å². The van der Waals surface area contributed by atoms with Crippen LogP contribution < -0.4 is 4.90 Å². The number of carboxylic acids is 1. The van der Waals surface area contributed by atoms with Crippen LogP contribution in [0.1, 0.15) is 37.7 Å². The fourth-order valence-electron chi connectivity index (χ4n) is 2.83. The summed E-state index contributed by atoms with van der Waals surface area (Å²) >= 11 is 0. The molecule has 18 heavy (non-hydrogen) atoms. The van der Waals surface area contributed by atoms with Gasteiger partial charge in [0.15, 0.2) is 0 Å². The van der Waals surface area contributed by atoms with Gasteiger partial charge in [-0.1, -0.05) is 19.1 Å². The maximum atomic E-state index is 10.7. The van der Waals surface area contributed by atoms with E-state index in [4.69, 9.17) is 5.11 Å². The molecule has 1 heterocycles. The highest BCUT2D eigenvalue weighted by atomic mass is 16.4.